The summed E-state index contributed by atoms with van der Waals surface area (Å²) in [6.07, 6.45) is 2.38. The summed E-state index contributed by atoms with van der Waals surface area (Å²) in [5.41, 5.74) is 1.31. The van der Waals surface area contributed by atoms with Crippen molar-refractivity contribution in [3.8, 4) is 0 Å². The van der Waals surface area contributed by atoms with E-state index in [1.807, 2.05) is 0 Å². The van der Waals surface area contributed by atoms with Crippen LogP contribution in [0.15, 0.2) is 35.9 Å². The van der Waals surface area contributed by atoms with Gasteiger partial charge in [-0.3, -0.25) is 9.59 Å². The second kappa shape index (κ2) is 9.89. The van der Waals surface area contributed by atoms with E-state index < -0.39 is 17.6 Å². The summed E-state index contributed by atoms with van der Waals surface area (Å²) >= 11 is 0. The van der Waals surface area contributed by atoms with E-state index >= 15 is 0 Å². The fourth-order valence-electron chi connectivity index (χ4n) is 2.49. The average Bonchev–Trinajstić information content (AvgIpc) is 2.61. The van der Waals surface area contributed by atoms with Crippen LogP contribution in [0.3, 0.4) is 0 Å². The minimum Gasteiger partial charge on any atom is -0.444 e. The summed E-state index contributed by atoms with van der Waals surface area (Å²) in [7, 11) is 0. The zero-order valence-electron chi connectivity index (χ0n) is 16.5. The highest BCUT2D eigenvalue weighted by Crippen LogP contribution is 2.21. The van der Waals surface area contributed by atoms with E-state index in [-0.39, 0.29) is 12.5 Å². The molecule has 1 fully saturated rings. The monoisotopic (exact) mass is 389 g/mol. The van der Waals surface area contributed by atoms with Crippen molar-refractivity contribution in [1.29, 1.82) is 0 Å². The standard InChI is InChI=1S/C20H27N3O5/c1-20(2,3)28-19(26)21-13-18(25)23-16-7-5-4-6-15(16)22-17(24)12-14-8-10-27-11-9-14/h4-7,12H,8-11,13H2,1-3H3,(H,21,26)(H,22,24)(H,23,25). The lowest BCUT2D eigenvalue weighted by molar-refractivity contribution is -0.115. The molecule has 0 unspecified atom stereocenters. The number of ether oxygens (including phenoxy) is 2. The Kier molecular flexibility index (Phi) is 7.57. The number of nitrogens with one attached hydrogen (secondary N) is 3. The summed E-state index contributed by atoms with van der Waals surface area (Å²) in [5.74, 6) is -0.694. The maximum absolute atomic E-state index is 12.3. The van der Waals surface area contributed by atoms with Crippen LogP contribution < -0.4 is 16.0 Å². The summed E-state index contributed by atoms with van der Waals surface area (Å²) in [6.45, 7) is 6.21. The van der Waals surface area contributed by atoms with Crippen molar-refractivity contribution in [2.45, 2.75) is 39.2 Å². The van der Waals surface area contributed by atoms with Crippen LogP contribution in [0.25, 0.3) is 0 Å². The molecule has 3 amide bonds. The molecule has 0 aliphatic carbocycles. The van der Waals surface area contributed by atoms with E-state index in [9.17, 15) is 14.4 Å². The van der Waals surface area contributed by atoms with Crippen molar-refractivity contribution in [3.05, 3.63) is 35.9 Å². The van der Waals surface area contributed by atoms with Crippen molar-refractivity contribution in [2.24, 2.45) is 0 Å². The third-order valence-electron chi connectivity index (χ3n) is 3.72. The molecule has 1 aliphatic rings. The summed E-state index contributed by atoms with van der Waals surface area (Å²) < 4.78 is 10.4. The molecule has 0 bridgehead atoms. The van der Waals surface area contributed by atoms with Gasteiger partial charge in [0.25, 0.3) is 0 Å². The molecule has 1 aromatic carbocycles. The molecule has 3 N–H and O–H groups in total. The number of hydrogen-bond acceptors (Lipinski definition) is 5. The Morgan fingerprint density at radius 3 is 2.29 bits per heavy atom. The van der Waals surface area contributed by atoms with Gasteiger partial charge < -0.3 is 25.4 Å². The normalized spacial score (nSPS) is 14.0. The van der Waals surface area contributed by atoms with Gasteiger partial charge in [-0.05, 0) is 45.7 Å². The van der Waals surface area contributed by atoms with E-state index in [4.69, 9.17) is 9.47 Å². The second-order valence-corrected chi connectivity index (χ2v) is 7.35. The minimum absolute atomic E-state index is 0.249. The Morgan fingerprint density at radius 2 is 1.68 bits per heavy atom. The molecule has 1 heterocycles. The molecule has 0 atom stereocenters. The van der Waals surface area contributed by atoms with Gasteiger partial charge in [-0.1, -0.05) is 17.7 Å². The van der Waals surface area contributed by atoms with Crippen LogP contribution in [0.1, 0.15) is 33.6 Å². The molecule has 0 aromatic heterocycles. The smallest absolute Gasteiger partial charge is 0.408 e. The first-order valence-electron chi connectivity index (χ1n) is 9.17. The number of anilines is 2. The fourth-order valence-corrected chi connectivity index (χ4v) is 2.49. The summed E-state index contributed by atoms with van der Waals surface area (Å²) in [5, 5.41) is 7.84. The van der Waals surface area contributed by atoms with Gasteiger partial charge in [0.15, 0.2) is 0 Å². The largest absolute Gasteiger partial charge is 0.444 e. The minimum atomic E-state index is -0.674. The predicted molar refractivity (Wildman–Crippen MR) is 106 cm³/mol. The number of para-hydroxylation sites is 2. The Bertz CT molecular complexity index is 744. The second-order valence-electron chi connectivity index (χ2n) is 7.35. The lowest BCUT2D eigenvalue weighted by Gasteiger charge is -2.19. The molecule has 8 nitrogen and oxygen atoms in total. The van der Waals surface area contributed by atoms with Crippen molar-refractivity contribution in [2.75, 3.05) is 30.4 Å². The number of amides is 3. The Balaban J connectivity index is 1.91. The Hall–Kier alpha value is -2.87. The highest BCUT2D eigenvalue weighted by molar-refractivity contribution is 6.04. The van der Waals surface area contributed by atoms with Gasteiger partial charge in [-0.15, -0.1) is 0 Å². The van der Waals surface area contributed by atoms with E-state index in [0.717, 1.165) is 18.4 Å². The molecule has 0 spiro atoms. The quantitative estimate of drug-likeness (QED) is 0.672. The molecular weight excluding hydrogens is 362 g/mol. The van der Waals surface area contributed by atoms with Crippen LogP contribution in [-0.2, 0) is 19.1 Å². The van der Waals surface area contributed by atoms with Crippen LogP contribution >= 0.6 is 0 Å². The topological polar surface area (TPSA) is 106 Å². The lowest BCUT2D eigenvalue weighted by Crippen LogP contribution is -2.37. The predicted octanol–water partition coefficient (Wildman–Crippen LogP) is 2.83. The van der Waals surface area contributed by atoms with Crippen molar-refractivity contribution in [1.82, 2.24) is 5.32 Å². The molecular formula is C20H27N3O5. The molecule has 1 saturated heterocycles. The molecule has 2 rings (SSSR count). The van der Waals surface area contributed by atoms with Crippen LogP contribution in [0.4, 0.5) is 16.2 Å². The molecule has 0 saturated carbocycles. The molecule has 8 heteroatoms. The van der Waals surface area contributed by atoms with E-state index in [1.54, 1.807) is 51.1 Å². The summed E-state index contributed by atoms with van der Waals surface area (Å²) in [4.78, 5) is 36.0. The number of carbonyl (C=O) groups excluding carboxylic acids is 3. The zero-order chi connectivity index (χ0) is 20.6. The third-order valence-corrected chi connectivity index (χ3v) is 3.72. The van der Waals surface area contributed by atoms with Crippen molar-refractivity contribution in [3.63, 3.8) is 0 Å². The highest BCUT2D eigenvalue weighted by atomic mass is 16.6. The van der Waals surface area contributed by atoms with E-state index in [0.29, 0.717) is 24.6 Å². The average molecular weight is 389 g/mol. The Labute approximate surface area is 164 Å². The van der Waals surface area contributed by atoms with Gasteiger partial charge in [0.1, 0.15) is 12.1 Å². The maximum atomic E-state index is 12.3. The first-order chi connectivity index (χ1) is 13.2. The number of alkyl carbamates (subject to hydrolysis) is 1. The fraction of sp³-hybridized carbons (Fsp3) is 0.450. The van der Waals surface area contributed by atoms with Gasteiger partial charge in [0.05, 0.1) is 24.6 Å². The zero-order valence-corrected chi connectivity index (χ0v) is 16.5. The van der Waals surface area contributed by atoms with Crippen molar-refractivity contribution < 1.29 is 23.9 Å². The van der Waals surface area contributed by atoms with Gasteiger partial charge in [0.2, 0.25) is 11.8 Å². The number of hydrogen-bond donors (Lipinski definition) is 3. The van der Waals surface area contributed by atoms with Crippen molar-refractivity contribution >= 4 is 29.3 Å². The lowest BCUT2D eigenvalue weighted by atomic mass is 10.1. The van der Waals surface area contributed by atoms with Gasteiger partial charge >= 0.3 is 6.09 Å². The number of carbonyl (C=O) groups is 3. The van der Waals surface area contributed by atoms with Crippen LogP contribution in [0.5, 0.6) is 0 Å². The highest BCUT2D eigenvalue weighted by Gasteiger charge is 2.17. The molecule has 0 radical (unpaired) electrons. The molecule has 28 heavy (non-hydrogen) atoms. The van der Waals surface area contributed by atoms with Gasteiger partial charge in [-0.25, -0.2) is 4.79 Å². The van der Waals surface area contributed by atoms with E-state index in [2.05, 4.69) is 16.0 Å². The number of benzene rings is 1. The maximum Gasteiger partial charge on any atom is 0.408 e. The first-order valence-corrected chi connectivity index (χ1v) is 9.17. The van der Waals surface area contributed by atoms with Gasteiger partial charge in [0, 0.05) is 6.08 Å². The Morgan fingerprint density at radius 1 is 1.07 bits per heavy atom. The van der Waals surface area contributed by atoms with Crippen LogP contribution in [0.2, 0.25) is 0 Å². The number of rotatable bonds is 5. The SMILES string of the molecule is CC(C)(C)OC(=O)NCC(=O)Nc1ccccc1NC(=O)C=C1CCOCC1. The molecule has 152 valence electrons. The van der Waals surface area contributed by atoms with Crippen LogP contribution in [0, 0.1) is 0 Å². The summed E-state index contributed by atoms with van der Waals surface area (Å²) in [6, 6.07) is 6.86. The molecule has 1 aromatic rings. The van der Waals surface area contributed by atoms with Crippen LogP contribution in [-0.4, -0.2) is 43.3 Å². The van der Waals surface area contributed by atoms with E-state index in [1.165, 1.54) is 0 Å². The van der Waals surface area contributed by atoms with Gasteiger partial charge in [-0.2, -0.15) is 0 Å². The first kappa shape index (κ1) is 21.4. The third kappa shape index (κ3) is 7.79. The molecule has 1 aliphatic heterocycles.